The minimum absolute atomic E-state index is 0.0130. The summed E-state index contributed by atoms with van der Waals surface area (Å²) < 4.78 is 33.4. The first kappa shape index (κ1) is 19.3. The lowest BCUT2D eigenvalue weighted by molar-refractivity contribution is -0.135. The smallest absolute Gasteiger partial charge is 0.314 e. The standard InChI is InChI=1S/C18H22N2O6S/c1-25-16-8-12(2-5-15(16)26-18(22)14-3-4-14)10-19-20-17(21)9-13-6-7-27(23,24)11-13/h2,5,8,10,13-14H,3-4,6-7,9,11H2,1H3,(H,20,21)/b19-10-/t13-/m1/s1. The van der Waals surface area contributed by atoms with Gasteiger partial charge in [-0.3, -0.25) is 9.59 Å². The monoisotopic (exact) mass is 394 g/mol. The van der Waals surface area contributed by atoms with E-state index in [1.54, 1.807) is 18.2 Å². The normalized spacial score (nSPS) is 21.1. The van der Waals surface area contributed by atoms with Gasteiger partial charge < -0.3 is 9.47 Å². The number of esters is 1. The summed E-state index contributed by atoms with van der Waals surface area (Å²) in [5.41, 5.74) is 3.06. The Balaban J connectivity index is 1.53. The fourth-order valence-corrected chi connectivity index (χ4v) is 4.74. The van der Waals surface area contributed by atoms with Crippen molar-refractivity contribution in [2.24, 2.45) is 16.9 Å². The van der Waals surface area contributed by atoms with Crippen LogP contribution in [-0.4, -0.2) is 45.1 Å². The van der Waals surface area contributed by atoms with Gasteiger partial charge in [-0.15, -0.1) is 0 Å². The molecule has 2 fully saturated rings. The van der Waals surface area contributed by atoms with E-state index in [4.69, 9.17) is 9.47 Å². The van der Waals surface area contributed by atoms with Crippen molar-refractivity contribution in [1.82, 2.24) is 5.43 Å². The predicted octanol–water partition coefficient (Wildman–Crippen LogP) is 1.29. The number of hydrogen-bond acceptors (Lipinski definition) is 7. The molecule has 27 heavy (non-hydrogen) atoms. The van der Waals surface area contributed by atoms with Crippen LogP contribution in [0.25, 0.3) is 0 Å². The SMILES string of the molecule is COc1cc(/C=N\NC(=O)C[C@H]2CCS(=O)(=O)C2)ccc1OC(=O)C1CC1. The second-order valence-electron chi connectivity index (χ2n) is 6.87. The summed E-state index contributed by atoms with van der Waals surface area (Å²) in [7, 11) is -1.52. The maximum Gasteiger partial charge on any atom is 0.314 e. The average Bonchev–Trinajstić information content (AvgIpc) is 3.41. The molecule has 1 aliphatic heterocycles. The Bertz CT molecular complexity index is 861. The molecule has 1 saturated heterocycles. The van der Waals surface area contributed by atoms with Crippen LogP contribution in [0.4, 0.5) is 0 Å². The van der Waals surface area contributed by atoms with Crippen molar-refractivity contribution in [3.63, 3.8) is 0 Å². The molecule has 1 N–H and O–H groups in total. The molecule has 1 aromatic rings. The molecule has 0 radical (unpaired) electrons. The number of rotatable bonds is 7. The molecule has 1 heterocycles. The lowest BCUT2D eigenvalue weighted by Crippen LogP contribution is -2.21. The zero-order valence-corrected chi connectivity index (χ0v) is 15.8. The highest BCUT2D eigenvalue weighted by Gasteiger charge is 2.32. The summed E-state index contributed by atoms with van der Waals surface area (Å²) >= 11 is 0. The van der Waals surface area contributed by atoms with E-state index in [9.17, 15) is 18.0 Å². The van der Waals surface area contributed by atoms with E-state index in [1.807, 2.05) is 0 Å². The van der Waals surface area contributed by atoms with E-state index < -0.39 is 9.84 Å². The zero-order chi connectivity index (χ0) is 19.4. The number of benzene rings is 1. The van der Waals surface area contributed by atoms with Gasteiger partial charge in [0.1, 0.15) is 0 Å². The van der Waals surface area contributed by atoms with Crippen molar-refractivity contribution in [1.29, 1.82) is 0 Å². The second-order valence-corrected chi connectivity index (χ2v) is 9.10. The van der Waals surface area contributed by atoms with Crippen LogP contribution >= 0.6 is 0 Å². The second kappa shape index (κ2) is 8.08. The van der Waals surface area contributed by atoms with Crippen LogP contribution in [0, 0.1) is 11.8 Å². The number of methoxy groups -OCH3 is 1. The third-order valence-electron chi connectivity index (χ3n) is 4.51. The van der Waals surface area contributed by atoms with Gasteiger partial charge in [0, 0.05) is 6.42 Å². The third kappa shape index (κ3) is 5.53. The van der Waals surface area contributed by atoms with E-state index in [0.29, 0.717) is 23.5 Å². The maximum atomic E-state index is 11.9. The Labute approximate surface area is 157 Å². The molecule has 9 heteroatoms. The van der Waals surface area contributed by atoms with E-state index >= 15 is 0 Å². The van der Waals surface area contributed by atoms with E-state index in [1.165, 1.54) is 13.3 Å². The van der Waals surface area contributed by atoms with Gasteiger partial charge in [-0.25, -0.2) is 13.8 Å². The van der Waals surface area contributed by atoms with E-state index in [0.717, 1.165) is 12.8 Å². The van der Waals surface area contributed by atoms with Gasteiger partial charge in [-0.1, -0.05) is 0 Å². The number of nitrogens with one attached hydrogen (secondary N) is 1. The van der Waals surface area contributed by atoms with Gasteiger partial charge in [-0.05, 0) is 48.9 Å². The topological polar surface area (TPSA) is 111 Å². The first-order valence-electron chi connectivity index (χ1n) is 8.78. The number of nitrogens with zero attached hydrogens (tertiary/aromatic N) is 1. The number of carbonyl (C=O) groups excluding carboxylic acids is 2. The van der Waals surface area contributed by atoms with Crippen LogP contribution in [-0.2, 0) is 19.4 Å². The van der Waals surface area contributed by atoms with Crippen LogP contribution < -0.4 is 14.9 Å². The van der Waals surface area contributed by atoms with Crippen molar-refractivity contribution >= 4 is 27.9 Å². The highest BCUT2D eigenvalue weighted by atomic mass is 32.2. The molecular formula is C18H22N2O6S. The van der Waals surface area contributed by atoms with E-state index in [-0.39, 0.29) is 41.6 Å². The lowest BCUT2D eigenvalue weighted by Gasteiger charge is -2.09. The van der Waals surface area contributed by atoms with Crippen molar-refractivity contribution in [2.75, 3.05) is 18.6 Å². The molecule has 0 spiro atoms. The largest absolute Gasteiger partial charge is 0.493 e. The summed E-state index contributed by atoms with van der Waals surface area (Å²) in [5.74, 6) is 0.208. The first-order valence-corrected chi connectivity index (χ1v) is 10.6. The first-order chi connectivity index (χ1) is 12.9. The van der Waals surface area contributed by atoms with Gasteiger partial charge in [0.25, 0.3) is 0 Å². The molecule has 1 amide bonds. The van der Waals surface area contributed by atoms with Crippen LogP contribution in [0.2, 0.25) is 0 Å². The van der Waals surface area contributed by atoms with Crippen molar-refractivity contribution in [2.45, 2.75) is 25.7 Å². The highest BCUT2D eigenvalue weighted by molar-refractivity contribution is 7.91. The molecule has 1 aromatic carbocycles. The summed E-state index contributed by atoms with van der Waals surface area (Å²) in [6.45, 7) is 0. The highest BCUT2D eigenvalue weighted by Crippen LogP contribution is 2.34. The number of hydrazone groups is 1. The molecule has 8 nitrogen and oxygen atoms in total. The van der Waals surface area contributed by atoms with Crippen LogP contribution in [0.1, 0.15) is 31.2 Å². The van der Waals surface area contributed by atoms with E-state index in [2.05, 4.69) is 10.5 Å². The maximum absolute atomic E-state index is 11.9. The summed E-state index contributed by atoms with van der Waals surface area (Å²) in [5, 5.41) is 3.89. The molecule has 0 bridgehead atoms. The number of amides is 1. The summed E-state index contributed by atoms with van der Waals surface area (Å²) in [4.78, 5) is 23.6. The van der Waals surface area contributed by atoms with Gasteiger partial charge >= 0.3 is 5.97 Å². The molecule has 3 rings (SSSR count). The molecule has 146 valence electrons. The number of hydrogen-bond donors (Lipinski definition) is 1. The Morgan fingerprint density at radius 3 is 2.67 bits per heavy atom. The van der Waals surface area contributed by atoms with Crippen molar-refractivity contribution in [3.05, 3.63) is 23.8 Å². The zero-order valence-electron chi connectivity index (χ0n) is 15.0. The number of ether oxygens (including phenoxy) is 2. The Morgan fingerprint density at radius 1 is 1.26 bits per heavy atom. The number of carbonyl (C=O) groups is 2. The average molecular weight is 394 g/mol. The molecule has 0 unspecified atom stereocenters. The fourth-order valence-electron chi connectivity index (χ4n) is 2.88. The Kier molecular flexibility index (Phi) is 5.79. The number of sulfone groups is 1. The lowest BCUT2D eigenvalue weighted by atomic mass is 10.1. The summed E-state index contributed by atoms with van der Waals surface area (Å²) in [6, 6.07) is 4.96. The minimum atomic E-state index is -2.99. The molecule has 2 aliphatic rings. The Morgan fingerprint density at radius 2 is 2.04 bits per heavy atom. The van der Waals surface area contributed by atoms with Crippen molar-refractivity contribution in [3.8, 4) is 11.5 Å². The van der Waals surface area contributed by atoms with Gasteiger partial charge in [0.15, 0.2) is 21.3 Å². The molecular weight excluding hydrogens is 372 g/mol. The quantitative estimate of drug-likeness (QED) is 0.323. The van der Waals surface area contributed by atoms with Crippen LogP contribution in [0.15, 0.2) is 23.3 Å². The fraction of sp³-hybridized carbons (Fsp3) is 0.500. The molecule has 0 aromatic heterocycles. The minimum Gasteiger partial charge on any atom is -0.493 e. The predicted molar refractivity (Wildman–Crippen MR) is 98.5 cm³/mol. The summed E-state index contributed by atoms with van der Waals surface area (Å²) in [6.07, 6.45) is 3.81. The van der Waals surface area contributed by atoms with Crippen molar-refractivity contribution < 1.29 is 27.5 Å². The van der Waals surface area contributed by atoms with Crippen LogP contribution in [0.3, 0.4) is 0 Å². The molecule has 1 atom stereocenters. The van der Waals surface area contributed by atoms with Crippen LogP contribution in [0.5, 0.6) is 11.5 Å². The Hall–Kier alpha value is -2.42. The van der Waals surface area contributed by atoms with Gasteiger partial charge in [0.2, 0.25) is 5.91 Å². The third-order valence-corrected chi connectivity index (χ3v) is 6.35. The molecule has 1 saturated carbocycles. The van der Waals surface area contributed by atoms with Gasteiger partial charge in [0.05, 0.1) is 30.7 Å². The molecule has 1 aliphatic carbocycles. The van der Waals surface area contributed by atoms with Gasteiger partial charge in [-0.2, -0.15) is 5.10 Å².